The summed E-state index contributed by atoms with van der Waals surface area (Å²) in [6.07, 6.45) is 16.4. The van der Waals surface area contributed by atoms with Crippen molar-refractivity contribution >= 4 is 0 Å². The van der Waals surface area contributed by atoms with Gasteiger partial charge in [-0.2, -0.15) is 0 Å². The van der Waals surface area contributed by atoms with E-state index in [1.54, 1.807) is 5.57 Å². The second kappa shape index (κ2) is 5.23. The number of hydrogen-bond donors (Lipinski definition) is 0. The van der Waals surface area contributed by atoms with E-state index in [9.17, 15) is 0 Å². The van der Waals surface area contributed by atoms with Crippen LogP contribution in [0.2, 0.25) is 0 Å². The number of hydrogen-bond acceptors (Lipinski definition) is 0. The number of fused-ring (bicyclic) bond motifs is 4. The van der Waals surface area contributed by atoms with Crippen molar-refractivity contribution in [2.75, 3.05) is 0 Å². The Labute approximate surface area is 113 Å². The molecule has 5 atom stereocenters. The zero-order valence-corrected chi connectivity index (χ0v) is 11.9. The molecule has 4 aliphatic rings. The van der Waals surface area contributed by atoms with Gasteiger partial charge in [-0.15, -0.1) is 6.58 Å². The molecule has 0 aromatic heterocycles. The van der Waals surface area contributed by atoms with E-state index in [0.29, 0.717) is 0 Å². The van der Waals surface area contributed by atoms with Crippen molar-refractivity contribution < 1.29 is 0 Å². The third-order valence-electron chi connectivity index (χ3n) is 6.06. The van der Waals surface area contributed by atoms with E-state index >= 15 is 0 Å². The summed E-state index contributed by atoms with van der Waals surface area (Å²) in [6, 6.07) is 0. The third kappa shape index (κ3) is 2.31. The SMILES string of the molecule is C/C=C1\CC2CCC1C2.C=CC1CC2CCC1C2. The molecule has 0 heteroatoms. The van der Waals surface area contributed by atoms with Gasteiger partial charge in [0.2, 0.25) is 0 Å². The maximum atomic E-state index is 3.86. The predicted octanol–water partition coefficient (Wildman–Crippen LogP) is 5.36. The van der Waals surface area contributed by atoms with Crippen LogP contribution in [0.1, 0.15) is 58.3 Å². The van der Waals surface area contributed by atoms with E-state index in [1.165, 1.54) is 51.4 Å². The average molecular weight is 244 g/mol. The maximum Gasteiger partial charge on any atom is -0.0200 e. The van der Waals surface area contributed by atoms with Gasteiger partial charge >= 0.3 is 0 Å². The van der Waals surface area contributed by atoms with E-state index in [0.717, 1.165) is 29.6 Å². The fourth-order valence-corrected chi connectivity index (χ4v) is 5.03. The first-order chi connectivity index (χ1) is 8.80. The van der Waals surface area contributed by atoms with E-state index in [2.05, 4.69) is 25.7 Å². The Bertz CT molecular complexity index is 338. The lowest BCUT2D eigenvalue weighted by Crippen LogP contribution is -2.06. The van der Waals surface area contributed by atoms with Crippen LogP contribution >= 0.6 is 0 Å². The van der Waals surface area contributed by atoms with Gasteiger partial charge in [-0.25, -0.2) is 0 Å². The van der Waals surface area contributed by atoms with Crippen LogP contribution in [-0.4, -0.2) is 0 Å². The van der Waals surface area contributed by atoms with Crippen LogP contribution in [0.5, 0.6) is 0 Å². The highest BCUT2D eigenvalue weighted by Gasteiger charge is 2.37. The van der Waals surface area contributed by atoms with E-state index in [4.69, 9.17) is 0 Å². The summed E-state index contributed by atoms with van der Waals surface area (Å²) in [7, 11) is 0. The van der Waals surface area contributed by atoms with Gasteiger partial charge in [0.25, 0.3) is 0 Å². The summed E-state index contributed by atoms with van der Waals surface area (Å²) in [4.78, 5) is 0. The van der Waals surface area contributed by atoms with Crippen molar-refractivity contribution in [2.45, 2.75) is 58.3 Å². The first-order valence-electron chi connectivity index (χ1n) is 8.07. The lowest BCUT2D eigenvalue weighted by Gasteiger charge is -2.16. The van der Waals surface area contributed by atoms with Crippen LogP contribution in [0.15, 0.2) is 24.3 Å². The van der Waals surface area contributed by atoms with E-state index in [1.807, 2.05) is 0 Å². The molecule has 0 aliphatic heterocycles. The normalized spacial score (nSPS) is 46.3. The molecule has 4 bridgehead atoms. The Balaban J connectivity index is 0.000000111. The minimum atomic E-state index is 0.892. The van der Waals surface area contributed by atoms with Crippen molar-refractivity contribution in [3.8, 4) is 0 Å². The van der Waals surface area contributed by atoms with E-state index in [-0.39, 0.29) is 0 Å². The van der Waals surface area contributed by atoms with Crippen LogP contribution in [0, 0.1) is 29.6 Å². The van der Waals surface area contributed by atoms with Gasteiger partial charge in [-0.1, -0.05) is 24.1 Å². The van der Waals surface area contributed by atoms with Crippen LogP contribution < -0.4 is 0 Å². The summed E-state index contributed by atoms with van der Waals surface area (Å²) in [5.74, 6) is 5.11. The molecule has 4 saturated carbocycles. The Kier molecular flexibility index (Phi) is 3.63. The molecule has 0 radical (unpaired) electrons. The molecule has 0 N–H and O–H groups in total. The second-order valence-electron chi connectivity index (χ2n) is 7.02. The molecular formula is C18H28. The van der Waals surface area contributed by atoms with Gasteiger partial charge in [0.05, 0.1) is 0 Å². The zero-order valence-electron chi connectivity index (χ0n) is 11.9. The van der Waals surface area contributed by atoms with Gasteiger partial charge in [0.1, 0.15) is 0 Å². The molecule has 0 heterocycles. The molecule has 4 aliphatic carbocycles. The highest BCUT2D eigenvalue weighted by Crippen LogP contribution is 2.48. The Morgan fingerprint density at radius 1 is 1.00 bits per heavy atom. The summed E-state index contributed by atoms with van der Waals surface area (Å²) in [5, 5.41) is 0. The quantitative estimate of drug-likeness (QED) is 0.545. The largest absolute Gasteiger partial charge is 0.103 e. The summed E-state index contributed by atoms with van der Waals surface area (Å²) >= 11 is 0. The minimum absolute atomic E-state index is 0.892. The second-order valence-corrected chi connectivity index (χ2v) is 7.02. The van der Waals surface area contributed by atoms with Gasteiger partial charge in [-0.05, 0) is 81.5 Å². The topological polar surface area (TPSA) is 0 Å². The lowest BCUT2D eigenvalue weighted by molar-refractivity contribution is 0.395. The van der Waals surface area contributed by atoms with Crippen LogP contribution in [-0.2, 0) is 0 Å². The molecule has 0 spiro atoms. The molecular weight excluding hydrogens is 216 g/mol. The van der Waals surface area contributed by atoms with Crippen LogP contribution in [0.3, 0.4) is 0 Å². The molecule has 0 aromatic carbocycles. The molecule has 4 rings (SSSR count). The standard InChI is InChI=1S/2C9H14/c2*1-2-8-5-7-3-4-9(8)6-7/h2,7,9H,3-6H2,1H3;2,7-9H,1,3-6H2/b8-2+;. The highest BCUT2D eigenvalue weighted by atomic mass is 14.4. The van der Waals surface area contributed by atoms with Gasteiger partial charge < -0.3 is 0 Å². The number of allylic oxidation sites excluding steroid dienone is 3. The fourth-order valence-electron chi connectivity index (χ4n) is 5.03. The molecule has 4 fully saturated rings. The van der Waals surface area contributed by atoms with Crippen LogP contribution in [0.4, 0.5) is 0 Å². The average Bonchev–Trinajstić information content (AvgIpc) is 3.17. The van der Waals surface area contributed by atoms with E-state index < -0.39 is 0 Å². The van der Waals surface area contributed by atoms with Crippen molar-refractivity contribution in [3.63, 3.8) is 0 Å². The van der Waals surface area contributed by atoms with Crippen molar-refractivity contribution in [2.24, 2.45) is 29.6 Å². The molecule has 0 aromatic rings. The first-order valence-corrected chi connectivity index (χ1v) is 8.07. The monoisotopic (exact) mass is 244 g/mol. The molecule has 0 nitrogen and oxygen atoms in total. The predicted molar refractivity (Wildman–Crippen MR) is 78.3 cm³/mol. The summed E-state index contributed by atoms with van der Waals surface area (Å²) in [5.41, 5.74) is 1.76. The van der Waals surface area contributed by atoms with Gasteiger partial charge in [-0.3, -0.25) is 0 Å². The zero-order chi connectivity index (χ0) is 12.5. The minimum Gasteiger partial charge on any atom is -0.103 e. The smallest absolute Gasteiger partial charge is 0.0200 e. The Morgan fingerprint density at radius 2 is 1.83 bits per heavy atom. The number of rotatable bonds is 1. The molecule has 5 unspecified atom stereocenters. The first kappa shape index (κ1) is 12.5. The molecule has 100 valence electrons. The van der Waals surface area contributed by atoms with Crippen LogP contribution in [0.25, 0.3) is 0 Å². The highest BCUT2D eigenvalue weighted by molar-refractivity contribution is 5.15. The summed E-state index contributed by atoms with van der Waals surface area (Å²) < 4.78 is 0. The van der Waals surface area contributed by atoms with Crippen molar-refractivity contribution in [3.05, 3.63) is 24.3 Å². The molecule has 0 saturated heterocycles. The maximum absolute atomic E-state index is 3.86. The Morgan fingerprint density at radius 3 is 2.17 bits per heavy atom. The van der Waals surface area contributed by atoms with Gasteiger partial charge in [0, 0.05) is 0 Å². The van der Waals surface area contributed by atoms with Crippen molar-refractivity contribution in [1.29, 1.82) is 0 Å². The van der Waals surface area contributed by atoms with Crippen molar-refractivity contribution in [1.82, 2.24) is 0 Å². The molecule has 18 heavy (non-hydrogen) atoms. The lowest BCUT2D eigenvalue weighted by atomic mass is 9.89. The Hall–Kier alpha value is -0.520. The summed E-state index contributed by atoms with van der Waals surface area (Å²) in [6.45, 7) is 6.05. The molecule has 0 amide bonds. The third-order valence-corrected chi connectivity index (χ3v) is 6.06. The van der Waals surface area contributed by atoms with Gasteiger partial charge in [0.15, 0.2) is 0 Å². The fraction of sp³-hybridized carbons (Fsp3) is 0.778.